The maximum atomic E-state index is 13.3. The fraction of sp³-hybridized carbons (Fsp3) is 0.167. The van der Waals surface area contributed by atoms with Gasteiger partial charge in [-0.2, -0.15) is 0 Å². The van der Waals surface area contributed by atoms with Crippen molar-refractivity contribution in [3.8, 4) is 0 Å². The molecule has 0 radical (unpaired) electrons. The molecule has 0 aliphatic carbocycles. The second-order valence-electron chi connectivity index (χ2n) is 3.65. The number of benzene rings is 1. The summed E-state index contributed by atoms with van der Waals surface area (Å²) in [7, 11) is 0. The van der Waals surface area contributed by atoms with Crippen LogP contribution in [0.2, 0.25) is 0 Å². The third-order valence-electron chi connectivity index (χ3n) is 2.30. The molecular weight excluding hydrogens is 258 g/mol. The van der Waals surface area contributed by atoms with Crippen molar-refractivity contribution < 1.29 is 13.6 Å². The van der Waals surface area contributed by atoms with E-state index in [1.807, 2.05) is 5.38 Å². The van der Waals surface area contributed by atoms with Crippen molar-refractivity contribution in [2.45, 2.75) is 12.8 Å². The predicted molar refractivity (Wildman–Crippen MR) is 65.4 cm³/mol. The molecule has 94 valence electrons. The highest BCUT2D eigenvalue weighted by molar-refractivity contribution is 7.07. The van der Waals surface area contributed by atoms with Crippen molar-refractivity contribution in [1.82, 2.24) is 4.98 Å². The molecule has 0 unspecified atom stereocenters. The Hall–Kier alpha value is -1.82. The van der Waals surface area contributed by atoms with Gasteiger partial charge in [-0.05, 0) is 18.6 Å². The van der Waals surface area contributed by atoms with Gasteiger partial charge in [0.2, 0.25) is 5.91 Å². The zero-order valence-corrected chi connectivity index (χ0v) is 10.1. The third-order valence-corrected chi connectivity index (χ3v) is 2.93. The zero-order chi connectivity index (χ0) is 13.0. The van der Waals surface area contributed by atoms with Crippen molar-refractivity contribution in [3.63, 3.8) is 0 Å². The molecule has 6 heteroatoms. The molecule has 1 amide bonds. The lowest BCUT2D eigenvalue weighted by atomic mass is 10.2. The Morgan fingerprint density at radius 1 is 1.39 bits per heavy atom. The van der Waals surface area contributed by atoms with Crippen molar-refractivity contribution >= 4 is 22.9 Å². The van der Waals surface area contributed by atoms with Gasteiger partial charge in [0, 0.05) is 17.9 Å². The van der Waals surface area contributed by atoms with Gasteiger partial charge in [-0.3, -0.25) is 4.79 Å². The number of halogens is 2. The Labute approximate surface area is 106 Å². The fourth-order valence-electron chi connectivity index (χ4n) is 1.41. The molecule has 0 bridgehead atoms. The van der Waals surface area contributed by atoms with E-state index in [1.165, 1.54) is 17.4 Å². The van der Waals surface area contributed by atoms with Crippen molar-refractivity contribution in [2.24, 2.45) is 0 Å². The molecular formula is C12H10F2N2OS. The molecule has 0 spiro atoms. The summed E-state index contributed by atoms with van der Waals surface area (Å²) in [5.74, 6) is -1.78. The van der Waals surface area contributed by atoms with Crippen LogP contribution >= 0.6 is 11.3 Å². The van der Waals surface area contributed by atoms with Gasteiger partial charge >= 0.3 is 0 Å². The summed E-state index contributed by atoms with van der Waals surface area (Å²) in [6, 6.07) is 3.03. The number of hydrogen-bond donors (Lipinski definition) is 1. The SMILES string of the molecule is O=C(CCc1cscn1)Nc1ccc(F)cc1F. The Kier molecular flexibility index (Phi) is 3.99. The molecule has 2 rings (SSSR count). The Morgan fingerprint density at radius 3 is 2.89 bits per heavy atom. The quantitative estimate of drug-likeness (QED) is 0.926. The number of thiazole rings is 1. The molecule has 0 aliphatic rings. The van der Waals surface area contributed by atoms with Crippen molar-refractivity contribution in [2.75, 3.05) is 5.32 Å². The van der Waals surface area contributed by atoms with Gasteiger partial charge in [0.25, 0.3) is 0 Å². The maximum absolute atomic E-state index is 13.3. The smallest absolute Gasteiger partial charge is 0.224 e. The fourth-order valence-corrected chi connectivity index (χ4v) is 2.00. The average molecular weight is 268 g/mol. The normalized spacial score (nSPS) is 10.3. The molecule has 0 atom stereocenters. The molecule has 3 nitrogen and oxygen atoms in total. The first-order valence-corrected chi connectivity index (χ1v) is 6.21. The molecule has 0 saturated heterocycles. The van der Waals surface area contributed by atoms with Gasteiger partial charge in [-0.15, -0.1) is 11.3 Å². The highest BCUT2D eigenvalue weighted by Gasteiger charge is 2.08. The number of anilines is 1. The minimum absolute atomic E-state index is 0.0142. The van der Waals surface area contributed by atoms with E-state index in [0.717, 1.165) is 17.8 Å². The van der Waals surface area contributed by atoms with E-state index in [9.17, 15) is 13.6 Å². The minimum Gasteiger partial charge on any atom is -0.324 e. The van der Waals surface area contributed by atoms with E-state index in [-0.39, 0.29) is 18.0 Å². The molecule has 0 saturated carbocycles. The van der Waals surface area contributed by atoms with Crippen LogP contribution in [0.25, 0.3) is 0 Å². The number of carbonyl (C=O) groups is 1. The van der Waals surface area contributed by atoms with Gasteiger partial charge in [0.1, 0.15) is 11.6 Å². The van der Waals surface area contributed by atoms with E-state index in [0.29, 0.717) is 6.42 Å². The second-order valence-corrected chi connectivity index (χ2v) is 4.37. The van der Waals surface area contributed by atoms with E-state index >= 15 is 0 Å². The number of carbonyl (C=O) groups excluding carboxylic acids is 1. The van der Waals surface area contributed by atoms with Crippen LogP contribution in [0.1, 0.15) is 12.1 Å². The lowest BCUT2D eigenvalue weighted by molar-refractivity contribution is -0.116. The van der Waals surface area contributed by atoms with Gasteiger partial charge in [0.15, 0.2) is 0 Å². The maximum Gasteiger partial charge on any atom is 0.224 e. The van der Waals surface area contributed by atoms with Crippen LogP contribution in [-0.4, -0.2) is 10.9 Å². The molecule has 18 heavy (non-hydrogen) atoms. The van der Waals surface area contributed by atoms with E-state index in [2.05, 4.69) is 10.3 Å². The van der Waals surface area contributed by atoms with Crippen LogP contribution in [0.15, 0.2) is 29.1 Å². The van der Waals surface area contributed by atoms with Gasteiger partial charge < -0.3 is 5.32 Å². The second kappa shape index (κ2) is 5.68. The third kappa shape index (κ3) is 3.33. The molecule has 0 fully saturated rings. The van der Waals surface area contributed by atoms with Crippen molar-refractivity contribution in [3.05, 3.63) is 46.4 Å². The largest absolute Gasteiger partial charge is 0.324 e. The summed E-state index contributed by atoms with van der Waals surface area (Å²) in [5.41, 5.74) is 2.50. The summed E-state index contributed by atoms with van der Waals surface area (Å²) in [6.07, 6.45) is 0.707. The highest BCUT2D eigenvalue weighted by atomic mass is 32.1. The average Bonchev–Trinajstić information content (AvgIpc) is 2.83. The standard InChI is InChI=1S/C12H10F2N2OS/c13-8-1-3-11(10(14)5-8)16-12(17)4-2-9-6-18-7-15-9/h1,3,5-7H,2,4H2,(H,16,17). The first-order chi connectivity index (χ1) is 8.65. The summed E-state index contributed by atoms with van der Waals surface area (Å²) in [5, 5.41) is 4.25. The summed E-state index contributed by atoms with van der Waals surface area (Å²) >= 11 is 1.45. The number of nitrogens with zero attached hydrogens (tertiary/aromatic N) is 1. The van der Waals surface area contributed by atoms with E-state index in [1.54, 1.807) is 5.51 Å². The van der Waals surface area contributed by atoms with Gasteiger partial charge in [-0.25, -0.2) is 13.8 Å². The monoisotopic (exact) mass is 268 g/mol. The van der Waals surface area contributed by atoms with Crippen LogP contribution in [0, 0.1) is 11.6 Å². The summed E-state index contributed by atoms with van der Waals surface area (Å²) in [6.45, 7) is 0. The van der Waals surface area contributed by atoms with Gasteiger partial charge in [0.05, 0.1) is 16.9 Å². The molecule has 1 N–H and O–H groups in total. The zero-order valence-electron chi connectivity index (χ0n) is 9.32. The number of amides is 1. The number of aryl methyl sites for hydroxylation is 1. The minimum atomic E-state index is -0.781. The highest BCUT2D eigenvalue weighted by Crippen LogP contribution is 2.15. The lowest BCUT2D eigenvalue weighted by Gasteiger charge is -2.05. The lowest BCUT2D eigenvalue weighted by Crippen LogP contribution is -2.13. The summed E-state index contributed by atoms with van der Waals surface area (Å²) in [4.78, 5) is 15.6. The van der Waals surface area contributed by atoms with E-state index < -0.39 is 11.6 Å². The Morgan fingerprint density at radius 2 is 2.22 bits per heavy atom. The van der Waals surface area contributed by atoms with Crippen molar-refractivity contribution in [1.29, 1.82) is 0 Å². The number of aromatic nitrogens is 1. The molecule has 1 heterocycles. The van der Waals surface area contributed by atoms with Crippen LogP contribution in [-0.2, 0) is 11.2 Å². The van der Waals surface area contributed by atoms with Crippen LogP contribution < -0.4 is 5.32 Å². The predicted octanol–water partition coefficient (Wildman–Crippen LogP) is 2.99. The number of rotatable bonds is 4. The Bertz CT molecular complexity index is 543. The first kappa shape index (κ1) is 12.6. The summed E-state index contributed by atoms with van der Waals surface area (Å²) < 4.78 is 25.9. The molecule has 1 aromatic heterocycles. The number of nitrogens with one attached hydrogen (secondary N) is 1. The molecule has 2 aromatic rings. The van der Waals surface area contributed by atoms with E-state index in [4.69, 9.17) is 0 Å². The molecule has 0 aliphatic heterocycles. The topological polar surface area (TPSA) is 42.0 Å². The number of hydrogen-bond acceptors (Lipinski definition) is 3. The van der Waals surface area contributed by atoms with Crippen LogP contribution in [0.5, 0.6) is 0 Å². The first-order valence-electron chi connectivity index (χ1n) is 5.27. The van der Waals surface area contributed by atoms with Crippen LogP contribution in [0.4, 0.5) is 14.5 Å². The van der Waals surface area contributed by atoms with Gasteiger partial charge in [-0.1, -0.05) is 0 Å². The van der Waals surface area contributed by atoms with Crippen LogP contribution in [0.3, 0.4) is 0 Å². The Balaban J connectivity index is 1.91. The molecule has 1 aromatic carbocycles.